The first-order valence-corrected chi connectivity index (χ1v) is 5.17. The maximum absolute atomic E-state index is 13.4. The van der Waals surface area contributed by atoms with Gasteiger partial charge in [0.05, 0.1) is 12.2 Å². The minimum absolute atomic E-state index is 0.285. The number of hydrogen-bond acceptors (Lipinski definition) is 4. The van der Waals surface area contributed by atoms with Crippen LogP contribution in [0.3, 0.4) is 0 Å². The Morgan fingerprint density at radius 1 is 1.37 bits per heavy atom. The van der Waals surface area contributed by atoms with Gasteiger partial charge < -0.3 is 20.6 Å². The predicted molar refractivity (Wildman–Crippen MR) is 58.0 cm³/mol. The number of benzene rings is 1. The van der Waals surface area contributed by atoms with E-state index in [-0.39, 0.29) is 6.07 Å². The van der Waals surface area contributed by atoms with Crippen molar-refractivity contribution in [2.75, 3.05) is 13.2 Å². The number of phenolic OH excluding ortho intramolecular Hbond substituents is 1. The molecule has 0 aliphatic rings. The zero-order valence-corrected chi connectivity index (χ0v) is 9.88. The van der Waals surface area contributed by atoms with E-state index in [4.69, 9.17) is 10.2 Å². The van der Waals surface area contributed by atoms with Gasteiger partial charge in [0.1, 0.15) is 5.60 Å². The zero-order valence-electron chi connectivity index (χ0n) is 9.88. The van der Waals surface area contributed by atoms with Crippen molar-refractivity contribution < 1.29 is 33.3 Å². The second kappa shape index (κ2) is 5.45. The van der Waals surface area contributed by atoms with Crippen molar-refractivity contribution in [2.24, 2.45) is 0 Å². The minimum Gasteiger partial charge on any atom is -0.503 e. The molecular formula is C11H12F3NO4. The van der Waals surface area contributed by atoms with Gasteiger partial charge in [-0.15, -0.1) is 0 Å². The average molecular weight is 279 g/mol. The molecule has 1 unspecified atom stereocenters. The Kier molecular flexibility index (Phi) is 4.38. The molecule has 0 saturated heterocycles. The smallest absolute Gasteiger partial charge is 0.254 e. The lowest BCUT2D eigenvalue weighted by Gasteiger charge is -2.20. The number of halogens is 3. The number of amides is 1. The molecule has 0 aromatic heterocycles. The van der Waals surface area contributed by atoms with Crippen molar-refractivity contribution in [2.45, 2.75) is 12.5 Å². The van der Waals surface area contributed by atoms with E-state index in [0.717, 1.165) is 0 Å². The first kappa shape index (κ1) is 15.3. The van der Waals surface area contributed by atoms with Gasteiger partial charge in [0.25, 0.3) is 5.91 Å². The Hall–Kier alpha value is -1.80. The number of hydrogen-bond donors (Lipinski definition) is 4. The van der Waals surface area contributed by atoms with Crippen molar-refractivity contribution in [3.63, 3.8) is 0 Å². The standard InChI is InChI=1S/C11H12F3NO4/c1-11(19,4-16)3-15-10(18)5-2-6(12)8(14)9(17)7(5)13/h2,16-17,19H,3-4H2,1H3,(H,15,18). The van der Waals surface area contributed by atoms with Crippen LogP contribution in [0.1, 0.15) is 17.3 Å². The van der Waals surface area contributed by atoms with E-state index >= 15 is 0 Å². The predicted octanol–water partition coefficient (Wildman–Crippen LogP) is 0.283. The molecule has 1 amide bonds. The van der Waals surface area contributed by atoms with Crippen LogP contribution in [0.4, 0.5) is 13.2 Å². The number of aliphatic hydroxyl groups excluding tert-OH is 1. The Bertz CT molecular complexity index is 505. The van der Waals surface area contributed by atoms with Crippen LogP contribution in [-0.2, 0) is 0 Å². The van der Waals surface area contributed by atoms with Crippen LogP contribution in [0, 0.1) is 17.5 Å². The van der Waals surface area contributed by atoms with E-state index < -0.39 is 53.4 Å². The largest absolute Gasteiger partial charge is 0.503 e. The van der Waals surface area contributed by atoms with Gasteiger partial charge in [-0.25, -0.2) is 8.78 Å². The maximum Gasteiger partial charge on any atom is 0.254 e. The van der Waals surface area contributed by atoms with Crippen LogP contribution in [-0.4, -0.2) is 40.0 Å². The third-order valence-electron chi connectivity index (χ3n) is 2.35. The summed E-state index contributed by atoms with van der Waals surface area (Å²) in [4.78, 5) is 11.5. The van der Waals surface area contributed by atoms with Crippen molar-refractivity contribution in [3.8, 4) is 5.75 Å². The van der Waals surface area contributed by atoms with Gasteiger partial charge in [0, 0.05) is 6.54 Å². The molecule has 19 heavy (non-hydrogen) atoms. The van der Waals surface area contributed by atoms with E-state index in [1.54, 1.807) is 0 Å². The number of aromatic hydroxyl groups is 1. The Morgan fingerprint density at radius 3 is 2.47 bits per heavy atom. The molecule has 0 heterocycles. The molecule has 1 aromatic rings. The fourth-order valence-electron chi connectivity index (χ4n) is 1.18. The summed E-state index contributed by atoms with van der Waals surface area (Å²) in [5.41, 5.74) is -2.56. The van der Waals surface area contributed by atoms with E-state index in [0.29, 0.717) is 0 Å². The molecule has 0 fully saturated rings. The SMILES string of the molecule is CC(O)(CO)CNC(=O)c1cc(F)c(F)c(O)c1F. The lowest BCUT2D eigenvalue weighted by atomic mass is 10.1. The maximum atomic E-state index is 13.4. The molecule has 1 atom stereocenters. The second-order valence-electron chi connectivity index (χ2n) is 4.22. The summed E-state index contributed by atoms with van der Waals surface area (Å²) in [6, 6.07) is 0.285. The van der Waals surface area contributed by atoms with Crippen molar-refractivity contribution in [1.29, 1.82) is 0 Å². The third kappa shape index (κ3) is 3.36. The van der Waals surface area contributed by atoms with Gasteiger partial charge in [0.15, 0.2) is 17.4 Å². The summed E-state index contributed by atoms with van der Waals surface area (Å²) in [5, 5.41) is 29.1. The van der Waals surface area contributed by atoms with Crippen LogP contribution in [0.2, 0.25) is 0 Å². The van der Waals surface area contributed by atoms with Crippen LogP contribution >= 0.6 is 0 Å². The topological polar surface area (TPSA) is 89.8 Å². The highest BCUT2D eigenvalue weighted by Crippen LogP contribution is 2.25. The van der Waals surface area contributed by atoms with E-state index in [1.165, 1.54) is 6.92 Å². The molecule has 1 rings (SSSR count). The van der Waals surface area contributed by atoms with E-state index in [9.17, 15) is 23.1 Å². The fourth-order valence-corrected chi connectivity index (χ4v) is 1.18. The van der Waals surface area contributed by atoms with E-state index in [1.807, 2.05) is 5.32 Å². The summed E-state index contributed by atoms with van der Waals surface area (Å²) >= 11 is 0. The summed E-state index contributed by atoms with van der Waals surface area (Å²) < 4.78 is 39.1. The molecule has 1 aromatic carbocycles. The summed E-state index contributed by atoms with van der Waals surface area (Å²) in [5.74, 6) is -7.76. The molecule has 0 spiro atoms. The molecule has 0 aliphatic carbocycles. The normalized spacial score (nSPS) is 14.0. The van der Waals surface area contributed by atoms with Gasteiger partial charge in [0.2, 0.25) is 5.82 Å². The number of carbonyl (C=O) groups is 1. The number of aliphatic hydroxyl groups is 2. The number of nitrogens with one attached hydrogen (secondary N) is 1. The number of phenols is 1. The molecule has 0 radical (unpaired) electrons. The monoisotopic (exact) mass is 279 g/mol. The van der Waals surface area contributed by atoms with Gasteiger partial charge in [-0.2, -0.15) is 4.39 Å². The molecule has 5 nitrogen and oxygen atoms in total. The van der Waals surface area contributed by atoms with Gasteiger partial charge in [-0.3, -0.25) is 4.79 Å². The van der Waals surface area contributed by atoms with Crippen LogP contribution in [0.15, 0.2) is 6.07 Å². The van der Waals surface area contributed by atoms with Crippen molar-refractivity contribution in [3.05, 3.63) is 29.1 Å². The third-order valence-corrected chi connectivity index (χ3v) is 2.35. The molecule has 106 valence electrons. The van der Waals surface area contributed by atoms with E-state index in [2.05, 4.69) is 0 Å². The lowest BCUT2D eigenvalue weighted by Crippen LogP contribution is -2.43. The highest BCUT2D eigenvalue weighted by Gasteiger charge is 2.25. The van der Waals surface area contributed by atoms with Crippen molar-refractivity contribution in [1.82, 2.24) is 5.32 Å². The first-order chi connectivity index (χ1) is 8.69. The van der Waals surface area contributed by atoms with Crippen LogP contribution in [0.25, 0.3) is 0 Å². The number of carbonyl (C=O) groups excluding carboxylic acids is 1. The molecule has 0 saturated carbocycles. The fraction of sp³-hybridized carbons (Fsp3) is 0.364. The first-order valence-electron chi connectivity index (χ1n) is 5.17. The molecule has 4 N–H and O–H groups in total. The Morgan fingerprint density at radius 2 is 1.95 bits per heavy atom. The molecule has 0 aliphatic heterocycles. The lowest BCUT2D eigenvalue weighted by molar-refractivity contribution is 0.00316. The zero-order chi connectivity index (χ0) is 14.8. The van der Waals surface area contributed by atoms with Gasteiger partial charge in [-0.05, 0) is 13.0 Å². The Balaban J connectivity index is 2.96. The summed E-state index contributed by atoms with van der Waals surface area (Å²) in [6.45, 7) is 0.0900. The van der Waals surface area contributed by atoms with Gasteiger partial charge >= 0.3 is 0 Å². The summed E-state index contributed by atoms with van der Waals surface area (Å²) in [7, 11) is 0. The quantitative estimate of drug-likeness (QED) is 0.596. The molecular weight excluding hydrogens is 267 g/mol. The number of rotatable bonds is 4. The molecule has 8 heteroatoms. The Labute approximate surface area is 106 Å². The van der Waals surface area contributed by atoms with Crippen LogP contribution < -0.4 is 5.32 Å². The summed E-state index contributed by atoms with van der Waals surface area (Å²) in [6.07, 6.45) is 0. The average Bonchev–Trinajstić information content (AvgIpc) is 2.38. The van der Waals surface area contributed by atoms with Crippen molar-refractivity contribution >= 4 is 5.91 Å². The second-order valence-corrected chi connectivity index (χ2v) is 4.22. The highest BCUT2D eigenvalue weighted by atomic mass is 19.2. The molecule has 0 bridgehead atoms. The van der Waals surface area contributed by atoms with Crippen LogP contribution in [0.5, 0.6) is 5.75 Å². The highest BCUT2D eigenvalue weighted by molar-refractivity contribution is 5.95. The minimum atomic E-state index is -1.79. The van der Waals surface area contributed by atoms with Gasteiger partial charge in [-0.1, -0.05) is 0 Å².